The lowest BCUT2D eigenvalue weighted by atomic mass is 10.1. The van der Waals surface area contributed by atoms with E-state index in [1.54, 1.807) is 0 Å². The first-order chi connectivity index (χ1) is 7.83. The first kappa shape index (κ1) is 13.2. The molecule has 0 amide bonds. The highest BCUT2D eigenvalue weighted by Crippen LogP contribution is 2.17. The van der Waals surface area contributed by atoms with Gasteiger partial charge in [-0.3, -0.25) is 0 Å². The highest BCUT2D eigenvalue weighted by Gasteiger charge is 2.14. The van der Waals surface area contributed by atoms with Crippen LogP contribution in [0.1, 0.15) is 58.2 Å². The van der Waals surface area contributed by atoms with Crippen LogP contribution in [-0.2, 0) is 6.54 Å². The molecule has 1 unspecified atom stereocenters. The number of aryl methyl sites for hydroxylation is 1. The quantitative estimate of drug-likeness (QED) is 0.738. The zero-order valence-electron chi connectivity index (χ0n) is 10.7. The molecule has 0 aromatic carbocycles. The maximum Gasteiger partial charge on any atom is 0.0756 e. The summed E-state index contributed by atoms with van der Waals surface area (Å²) in [5.41, 5.74) is 1.23. The van der Waals surface area contributed by atoms with Gasteiger partial charge in [-0.05, 0) is 25.8 Å². The van der Waals surface area contributed by atoms with Crippen molar-refractivity contribution in [1.82, 2.24) is 20.3 Å². The van der Waals surface area contributed by atoms with Crippen LogP contribution in [0.3, 0.4) is 0 Å². The first-order valence-electron chi connectivity index (χ1n) is 6.45. The molecular formula is C12H24N4. The number of rotatable bonds is 8. The fourth-order valence-corrected chi connectivity index (χ4v) is 1.88. The summed E-state index contributed by atoms with van der Waals surface area (Å²) in [6.07, 6.45) is 6.49. The van der Waals surface area contributed by atoms with Crippen LogP contribution >= 0.6 is 0 Å². The number of aromatic nitrogens is 3. The number of nitrogens with one attached hydrogen (secondary N) is 1. The topological polar surface area (TPSA) is 42.7 Å². The molecule has 0 aliphatic heterocycles. The van der Waals surface area contributed by atoms with Crippen molar-refractivity contribution < 1.29 is 0 Å². The maximum absolute atomic E-state index is 4.14. The van der Waals surface area contributed by atoms with E-state index in [1.165, 1.54) is 12.1 Å². The van der Waals surface area contributed by atoms with E-state index in [4.69, 9.17) is 0 Å². The van der Waals surface area contributed by atoms with Crippen LogP contribution < -0.4 is 5.32 Å². The molecule has 0 spiro atoms. The van der Waals surface area contributed by atoms with E-state index in [0.29, 0.717) is 6.04 Å². The molecule has 4 nitrogen and oxygen atoms in total. The molecule has 1 N–H and O–H groups in total. The molecule has 0 fully saturated rings. The van der Waals surface area contributed by atoms with Crippen LogP contribution in [-0.4, -0.2) is 21.5 Å². The zero-order valence-corrected chi connectivity index (χ0v) is 10.7. The summed E-state index contributed by atoms with van der Waals surface area (Å²) in [7, 11) is 0. The Hall–Kier alpha value is -0.900. The largest absolute Gasteiger partial charge is 0.309 e. The molecule has 1 aromatic rings. The molecule has 0 aliphatic carbocycles. The van der Waals surface area contributed by atoms with Crippen molar-refractivity contribution in [2.24, 2.45) is 0 Å². The van der Waals surface area contributed by atoms with Gasteiger partial charge in [-0.2, -0.15) is 0 Å². The average molecular weight is 224 g/mol. The van der Waals surface area contributed by atoms with Crippen molar-refractivity contribution in [1.29, 1.82) is 0 Å². The first-order valence-corrected chi connectivity index (χ1v) is 6.45. The standard InChI is InChI=1S/C12H24N4/c1-4-7-11(13-8-5-2)12-10-14-15-16(12)9-6-3/h10-11,13H,4-9H2,1-3H3. The Kier molecular flexibility index (Phi) is 6.08. The summed E-state index contributed by atoms with van der Waals surface area (Å²) < 4.78 is 2.03. The SMILES string of the molecule is CCCNC(CCC)c1cnnn1CCC. The van der Waals surface area contributed by atoms with Gasteiger partial charge in [-0.25, -0.2) is 4.68 Å². The number of nitrogens with zero attached hydrogens (tertiary/aromatic N) is 3. The molecule has 1 aromatic heterocycles. The fraction of sp³-hybridized carbons (Fsp3) is 0.833. The monoisotopic (exact) mass is 224 g/mol. The molecule has 16 heavy (non-hydrogen) atoms. The van der Waals surface area contributed by atoms with Gasteiger partial charge >= 0.3 is 0 Å². The lowest BCUT2D eigenvalue weighted by Crippen LogP contribution is -2.24. The summed E-state index contributed by atoms with van der Waals surface area (Å²) in [6.45, 7) is 8.59. The van der Waals surface area contributed by atoms with Crippen LogP contribution in [0, 0.1) is 0 Å². The van der Waals surface area contributed by atoms with Crippen LogP contribution in [0.15, 0.2) is 6.20 Å². The second-order valence-electron chi connectivity index (χ2n) is 4.18. The predicted molar refractivity (Wildman–Crippen MR) is 66.3 cm³/mol. The highest BCUT2D eigenvalue weighted by molar-refractivity contribution is 5.02. The van der Waals surface area contributed by atoms with Gasteiger partial charge in [-0.15, -0.1) is 5.10 Å². The Morgan fingerprint density at radius 2 is 2.06 bits per heavy atom. The molecule has 0 radical (unpaired) electrons. The van der Waals surface area contributed by atoms with Crippen LogP contribution in [0.25, 0.3) is 0 Å². The minimum atomic E-state index is 0.409. The van der Waals surface area contributed by atoms with Gasteiger partial charge in [0.05, 0.1) is 17.9 Å². The lowest BCUT2D eigenvalue weighted by molar-refractivity contribution is 0.443. The smallest absolute Gasteiger partial charge is 0.0756 e. The molecule has 1 atom stereocenters. The Morgan fingerprint density at radius 3 is 2.69 bits per heavy atom. The van der Waals surface area contributed by atoms with E-state index in [0.717, 1.165) is 32.4 Å². The van der Waals surface area contributed by atoms with E-state index >= 15 is 0 Å². The highest BCUT2D eigenvalue weighted by atomic mass is 15.4. The summed E-state index contributed by atoms with van der Waals surface area (Å²) in [6, 6.07) is 0.409. The van der Waals surface area contributed by atoms with Crippen molar-refractivity contribution >= 4 is 0 Å². The Labute approximate surface area is 98.4 Å². The fourth-order valence-electron chi connectivity index (χ4n) is 1.88. The van der Waals surface area contributed by atoms with Crippen LogP contribution in [0.5, 0.6) is 0 Å². The van der Waals surface area contributed by atoms with E-state index in [2.05, 4.69) is 36.4 Å². The van der Waals surface area contributed by atoms with Gasteiger partial charge in [-0.1, -0.05) is 32.4 Å². The van der Waals surface area contributed by atoms with Gasteiger partial charge < -0.3 is 5.32 Å². The van der Waals surface area contributed by atoms with E-state index in [-0.39, 0.29) is 0 Å². The van der Waals surface area contributed by atoms with Gasteiger partial charge in [0.2, 0.25) is 0 Å². The average Bonchev–Trinajstić information content (AvgIpc) is 2.73. The van der Waals surface area contributed by atoms with Crippen molar-refractivity contribution in [3.05, 3.63) is 11.9 Å². The Bertz CT molecular complexity index is 282. The molecular weight excluding hydrogens is 200 g/mol. The lowest BCUT2D eigenvalue weighted by Gasteiger charge is -2.18. The second kappa shape index (κ2) is 7.39. The minimum absolute atomic E-state index is 0.409. The van der Waals surface area contributed by atoms with Gasteiger partial charge in [0.25, 0.3) is 0 Å². The van der Waals surface area contributed by atoms with Gasteiger partial charge in [0, 0.05) is 6.54 Å². The molecule has 0 saturated carbocycles. The molecule has 0 aliphatic rings. The zero-order chi connectivity index (χ0) is 11.8. The molecule has 0 saturated heterocycles. The van der Waals surface area contributed by atoms with E-state index in [1.807, 2.05) is 10.9 Å². The van der Waals surface area contributed by atoms with Crippen molar-refractivity contribution in [2.45, 2.75) is 59.0 Å². The second-order valence-corrected chi connectivity index (χ2v) is 4.18. The van der Waals surface area contributed by atoms with Crippen molar-refractivity contribution in [3.8, 4) is 0 Å². The van der Waals surface area contributed by atoms with Crippen LogP contribution in [0.4, 0.5) is 0 Å². The third-order valence-corrected chi connectivity index (χ3v) is 2.66. The molecule has 1 heterocycles. The maximum atomic E-state index is 4.14. The van der Waals surface area contributed by atoms with E-state index < -0.39 is 0 Å². The Balaban J connectivity index is 2.70. The minimum Gasteiger partial charge on any atom is -0.309 e. The summed E-state index contributed by atoms with van der Waals surface area (Å²) in [5.74, 6) is 0. The van der Waals surface area contributed by atoms with Crippen molar-refractivity contribution in [2.75, 3.05) is 6.54 Å². The van der Waals surface area contributed by atoms with Gasteiger partial charge in [0.15, 0.2) is 0 Å². The summed E-state index contributed by atoms with van der Waals surface area (Å²) >= 11 is 0. The normalized spacial score (nSPS) is 12.9. The Morgan fingerprint density at radius 1 is 1.25 bits per heavy atom. The summed E-state index contributed by atoms with van der Waals surface area (Å²) in [4.78, 5) is 0. The van der Waals surface area contributed by atoms with Gasteiger partial charge in [0.1, 0.15) is 0 Å². The molecule has 1 rings (SSSR count). The van der Waals surface area contributed by atoms with Crippen molar-refractivity contribution in [3.63, 3.8) is 0 Å². The third-order valence-electron chi connectivity index (χ3n) is 2.66. The third kappa shape index (κ3) is 3.59. The summed E-state index contributed by atoms with van der Waals surface area (Å²) in [5, 5.41) is 11.7. The molecule has 0 bridgehead atoms. The number of hydrogen-bond acceptors (Lipinski definition) is 3. The van der Waals surface area contributed by atoms with E-state index in [9.17, 15) is 0 Å². The molecule has 92 valence electrons. The molecule has 4 heteroatoms. The van der Waals surface area contributed by atoms with Crippen LogP contribution in [0.2, 0.25) is 0 Å². The predicted octanol–water partition coefficient (Wildman–Crippen LogP) is 2.53. The number of hydrogen-bond donors (Lipinski definition) is 1.